The molecule has 6 atom stereocenters. The van der Waals surface area contributed by atoms with Crippen LogP contribution in [0.1, 0.15) is 12.0 Å². The summed E-state index contributed by atoms with van der Waals surface area (Å²) in [7, 11) is 0. The first-order valence-electron chi connectivity index (χ1n) is 8.29. The number of carbonyl (C=O) groups excluding carboxylic acids is 2. The number of imide groups is 1. The Kier molecular flexibility index (Phi) is 2.99. The van der Waals surface area contributed by atoms with Gasteiger partial charge in [0, 0.05) is 11.6 Å². The highest BCUT2D eigenvalue weighted by Gasteiger charge is 2.67. The fourth-order valence-corrected chi connectivity index (χ4v) is 5.21. The molecule has 7 heteroatoms. The highest BCUT2D eigenvalue weighted by Crippen LogP contribution is 2.65. The minimum Gasteiger partial charge on any atom is -0.507 e. The first-order chi connectivity index (χ1) is 12.0. The third-order valence-electron chi connectivity index (χ3n) is 6.05. The van der Waals surface area contributed by atoms with Gasteiger partial charge in [-0.25, -0.2) is 0 Å². The van der Waals surface area contributed by atoms with E-state index in [2.05, 4.69) is 33.2 Å². The van der Waals surface area contributed by atoms with Crippen LogP contribution < -0.4 is 0 Å². The van der Waals surface area contributed by atoms with E-state index in [-0.39, 0.29) is 47.0 Å². The molecule has 0 unspecified atom stereocenters. The van der Waals surface area contributed by atoms with Crippen molar-refractivity contribution >= 4 is 34.0 Å². The lowest BCUT2D eigenvalue weighted by Gasteiger charge is -2.37. The van der Waals surface area contributed by atoms with Gasteiger partial charge in [-0.1, -0.05) is 12.2 Å². The molecule has 3 fully saturated rings. The Hall–Kier alpha value is -2.15. The fraction of sp³-hybridized carbons (Fsp3) is 0.389. The van der Waals surface area contributed by atoms with Gasteiger partial charge in [-0.3, -0.25) is 9.59 Å². The average molecular weight is 403 g/mol. The summed E-state index contributed by atoms with van der Waals surface area (Å²) in [5.41, 5.74) is 0.309. The summed E-state index contributed by atoms with van der Waals surface area (Å²) < 4.78 is 0.391. The van der Waals surface area contributed by atoms with Crippen LogP contribution in [-0.4, -0.2) is 33.3 Å². The molecule has 5 aliphatic rings. The van der Waals surface area contributed by atoms with Crippen LogP contribution in [0.4, 0.5) is 0 Å². The highest BCUT2D eigenvalue weighted by molar-refractivity contribution is 9.10. The van der Waals surface area contributed by atoms with Gasteiger partial charge < -0.3 is 10.2 Å². The Balaban J connectivity index is 1.46. The van der Waals surface area contributed by atoms with Crippen molar-refractivity contribution in [2.45, 2.75) is 6.42 Å². The molecule has 1 heterocycles. The number of nitrogens with zero attached hydrogens (tertiary/aromatic N) is 2. The van der Waals surface area contributed by atoms with Gasteiger partial charge in [0.2, 0.25) is 0 Å². The molecule has 1 saturated heterocycles. The lowest BCUT2D eigenvalue weighted by Crippen LogP contribution is -2.40. The Morgan fingerprint density at radius 1 is 1.04 bits per heavy atom. The van der Waals surface area contributed by atoms with E-state index in [4.69, 9.17) is 0 Å². The van der Waals surface area contributed by atoms with Crippen LogP contribution in [0.15, 0.2) is 33.9 Å². The molecular weight excluding hydrogens is 388 g/mol. The maximum absolute atomic E-state index is 12.8. The molecule has 0 aromatic heterocycles. The van der Waals surface area contributed by atoms with Crippen molar-refractivity contribution in [3.8, 4) is 11.5 Å². The Morgan fingerprint density at radius 2 is 1.64 bits per heavy atom. The second-order valence-electron chi connectivity index (χ2n) is 7.25. The monoisotopic (exact) mass is 402 g/mol. The topological polar surface area (TPSA) is 90.2 Å². The second-order valence-corrected chi connectivity index (χ2v) is 8.10. The molecule has 25 heavy (non-hydrogen) atoms. The van der Waals surface area contributed by atoms with E-state index in [0.717, 1.165) is 11.4 Å². The number of hydrazone groups is 1. The molecule has 2 N–H and O–H groups in total. The molecule has 0 spiro atoms. The number of hydrogen-bond donors (Lipinski definition) is 2. The fourth-order valence-electron chi connectivity index (χ4n) is 4.84. The molecule has 2 saturated carbocycles. The average Bonchev–Trinajstić information content (AvgIpc) is 3.36. The number of rotatable bonds is 2. The Bertz CT molecular complexity index is 844. The third-order valence-corrected chi connectivity index (χ3v) is 6.68. The van der Waals surface area contributed by atoms with E-state index in [1.54, 1.807) is 0 Å². The van der Waals surface area contributed by atoms with Crippen molar-refractivity contribution in [3.63, 3.8) is 0 Å². The summed E-state index contributed by atoms with van der Waals surface area (Å²) in [6.07, 6.45) is 6.62. The second kappa shape index (κ2) is 4.94. The van der Waals surface area contributed by atoms with Crippen molar-refractivity contribution in [2.24, 2.45) is 40.6 Å². The van der Waals surface area contributed by atoms with E-state index in [1.807, 2.05) is 0 Å². The largest absolute Gasteiger partial charge is 0.507 e. The van der Waals surface area contributed by atoms with Gasteiger partial charge >= 0.3 is 0 Å². The molecule has 6 nitrogen and oxygen atoms in total. The SMILES string of the molecule is O=C1[C@@H]2[C@@H]3C=C[C@H]([C@H]4C[C@H]34)[C@@H]2C(=O)N1/N=C/c1cc(Br)c(O)cc1O. The third kappa shape index (κ3) is 1.99. The van der Waals surface area contributed by atoms with E-state index in [0.29, 0.717) is 21.9 Å². The number of phenols is 2. The number of aromatic hydroxyl groups is 2. The summed E-state index contributed by atoms with van der Waals surface area (Å²) in [5.74, 6) is 0.0808. The quantitative estimate of drug-likeness (QED) is 0.450. The molecule has 6 rings (SSSR count). The number of hydrogen-bond acceptors (Lipinski definition) is 5. The van der Waals surface area contributed by atoms with Gasteiger partial charge in [-0.2, -0.15) is 10.1 Å². The highest BCUT2D eigenvalue weighted by atomic mass is 79.9. The molecule has 4 aliphatic carbocycles. The molecule has 1 aromatic rings. The summed E-state index contributed by atoms with van der Waals surface area (Å²) in [5, 5.41) is 24.5. The Morgan fingerprint density at radius 3 is 2.24 bits per heavy atom. The number of phenolic OH excluding ortho intramolecular Hbond substituents is 2. The normalized spacial score (nSPS) is 37.7. The van der Waals surface area contributed by atoms with Gasteiger partial charge in [0.1, 0.15) is 11.5 Å². The number of carbonyl (C=O) groups is 2. The number of amides is 2. The predicted molar refractivity (Wildman–Crippen MR) is 91.6 cm³/mol. The number of benzene rings is 1. The Labute approximate surface area is 152 Å². The van der Waals surface area contributed by atoms with Gasteiger partial charge in [-0.05, 0) is 52.1 Å². The molecule has 1 aliphatic heterocycles. The van der Waals surface area contributed by atoms with Gasteiger partial charge in [0.25, 0.3) is 11.8 Å². The van der Waals surface area contributed by atoms with Crippen molar-refractivity contribution in [2.75, 3.05) is 0 Å². The van der Waals surface area contributed by atoms with Crippen LogP contribution >= 0.6 is 15.9 Å². The lowest BCUT2D eigenvalue weighted by molar-refractivity contribution is -0.140. The van der Waals surface area contributed by atoms with E-state index in [1.165, 1.54) is 18.3 Å². The minimum absolute atomic E-state index is 0.101. The van der Waals surface area contributed by atoms with E-state index >= 15 is 0 Å². The summed E-state index contributed by atoms with van der Waals surface area (Å²) in [4.78, 5) is 25.6. The van der Waals surface area contributed by atoms with Crippen LogP contribution in [0, 0.1) is 35.5 Å². The summed E-state index contributed by atoms with van der Waals surface area (Å²) in [6, 6.07) is 2.66. The van der Waals surface area contributed by atoms with Crippen LogP contribution in [0.3, 0.4) is 0 Å². The zero-order valence-electron chi connectivity index (χ0n) is 13.0. The van der Waals surface area contributed by atoms with Crippen LogP contribution in [-0.2, 0) is 9.59 Å². The van der Waals surface area contributed by atoms with E-state index < -0.39 is 0 Å². The van der Waals surface area contributed by atoms with Crippen LogP contribution in [0.5, 0.6) is 11.5 Å². The summed E-state index contributed by atoms with van der Waals surface area (Å²) >= 11 is 3.16. The van der Waals surface area contributed by atoms with Crippen molar-refractivity contribution in [1.29, 1.82) is 0 Å². The smallest absolute Gasteiger partial charge is 0.254 e. The van der Waals surface area contributed by atoms with E-state index in [9.17, 15) is 19.8 Å². The standard InChI is InChI=1S/C18H15BrN2O4/c19-12-3-7(13(22)5-14(12)23)6-20-21-17(24)15-8-1-2-9(11-4-10(8)11)16(15)18(21)25/h1-3,5-6,8-11,15-16,22-23H,4H2/b20-6+/t8-,9-,10-,11-,15-,16+/m1/s1. The van der Waals surface area contributed by atoms with Gasteiger partial charge in [0.05, 0.1) is 22.5 Å². The molecule has 2 amide bonds. The van der Waals surface area contributed by atoms with Crippen LogP contribution in [0.25, 0.3) is 0 Å². The summed E-state index contributed by atoms with van der Waals surface area (Å²) in [6.45, 7) is 0. The first-order valence-corrected chi connectivity index (χ1v) is 9.08. The molecule has 2 bridgehead atoms. The van der Waals surface area contributed by atoms with Crippen molar-refractivity contribution in [1.82, 2.24) is 5.01 Å². The number of allylic oxidation sites excluding steroid dienone is 2. The zero-order valence-corrected chi connectivity index (χ0v) is 14.6. The maximum Gasteiger partial charge on any atom is 0.254 e. The van der Waals surface area contributed by atoms with Crippen molar-refractivity contribution in [3.05, 3.63) is 34.3 Å². The first kappa shape index (κ1) is 15.1. The molecular formula is C18H15BrN2O4. The molecule has 1 aromatic carbocycles. The maximum atomic E-state index is 12.8. The minimum atomic E-state index is -0.288. The number of halogens is 1. The van der Waals surface area contributed by atoms with Crippen molar-refractivity contribution < 1.29 is 19.8 Å². The van der Waals surface area contributed by atoms with Crippen LogP contribution in [0.2, 0.25) is 0 Å². The zero-order chi connectivity index (χ0) is 17.5. The molecule has 0 radical (unpaired) electrons. The lowest BCUT2D eigenvalue weighted by atomic mass is 9.63. The van der Waals surface area contributed by atoms with Gasteiger partial charge in [-0.15, -0.1) is 0 Å². The predicted octanol–water partition coefficient (Wildman–Crippen LogP) is 2.25. The van der Waals surface area contributed by atoms with Gasteiger partial charge in [0.15, 0.2) is 0 Å². The molecule has 128 valence electrons.